The van der Waals surface area contributed by atoms with Crippen molar-refractivity contribution in [2.75, 3.05) is 6.54 Å². The molecule has 0 aromatic carbocycles. The number of hydrogen-bond acceptors (Lipinski definition) is 3. The van der Waals surface area contributed by atoms with Crippen LogP contribution in [-0.4, -0.2) is 30.9 Å². The van der Waals surface area contributed by atoms with Crippen LogP contribution < -0.4 is 5.73 Å². The predicted octanol–water partition coefficient (Wildman–Crippen LogP) is 3.69. The van der Waals surface area contributed by atoms with Crippen LogP contribution in [0.2, 0.25) is 0 Å². The van der Waals surface area contributed by atoms with Crippen molar-refractivity contribution in [3.8, 4) is 0 Å². The molecule has 0 fully saturated rings. The first-order chi connectivity index (χ1) is 9.65. The van der Waals surface area contributed by atoms with Crippen LogP contribution in [0.5, 0.6) is 0 Å². The summed E-state index contributed by atoms with van der Waals surface area (Å²) in [5.74, 6) is 0. The molecule has 0 rings (SSSR count). The van der Waals surface area contributed by atoms with Gasteiger partial charge >= 0.3 is 15.4 Å². The third kappa shape index (κ3) is 10.7. The van der Waals surface area contributed by atoms with Gasteiger partial charge in [-0.15, -0.1) is 6.58 Å². The number of halogens is 3. The van der Waals surface area contributed by atoms with Gasteiger partial charge in [-0.3, -0.25) is 4.55 Å². The lowest BCUT2D eigenvalue weighted by atomic mass is 10.1. The molecule has 8 heteroatoms. The van der Waals surface area contributed by atoms with Crippen molar-refractivity contribution in [1.29, 1.82) is 0 Å². The van der Waals surface area contributed by atoms with E-state index in [1.54, 1.807) is 6.08 Å². The number of nitrogens with two attached hydrogens (primary N) is 1. The number of hydrogen-bond donors (Lipinski definition) is 2. The summed E-state index contributed by atoms with van der Waals surface area (Å²) in [6.07, 6.45) is 2.90. The highest BCUT2D eigenvalue weighted by Crippen LogP contribution is 2.30. The van der Waals surface area contributed by atoms with Gasteiger partial charge in [0.15, 0.2) is 6.17 Å². The Labute approximate surface area is 125 Å². The average Bonchev–Trinajstić information content (AvgIpc) is 2.41. The molecule has 0 amide bonds. The van der Waals surface area contributed by atoms with Crippen LogP contribution in [-0.2, 0) is 10.1 Å². The molecule has 0 saturated carbocycles. The summed E-state index contributed by atoms with van der Waals surface area (Å²) in [4.78, 5) is 0. The minimum Gasteiger partial charge on any atom is -0.327 e. The average molecular weight is 333 g/mol. The van der Waals surface area contributed by atoms with Gasteiger partial charge in [-0.05, 0) is 6.42 Å². The normalized spacial score (nSPS) is 13.2. The predicted molar refractivity (Wildman–Crippen MR) is 78.6 cm³/mol. The Morgan fingerprint density at radius 1 is 1.24 bits per heavy atom. The Morgan fingerprint density at radius 3 is 2.05 bits per heavy atom. The van der Waals surface area contributed by atoms with Crippen LogP contribution in [0.15, 0.2) is 12.7 Å². The molecule has 3 N–H and O–H groups in total. The van der Waals surface area contributed by atoms with Crippen molar-refractivity contribution in [1.82, 2.24) is 0 Å². The van der Waals surface area contributed by atoms with E-state index in [4.69, 9.17) is 10.3 Å². The van der Waals surface area contributed by atoms with E-state index in [1.807, 2.05) is 6.92 Å². The zero-order valence-corrected chi connectivity index (χ0v) is 13.2. The minimum atomic E-state index is -5.66. The first-order valence-corrected chi connectivity index (χ1v) is 8.39. The Morgan fingerprint density at radius 2 is 1.67 bits per heavy atom. The topological polar surface area (TPSA) is 80.4 Å². The Kier molecular flexibility index (Phi) is 13.0. The monoisotopic (exact) mass is 333 g/mol. The summed E-state index contributed by atoms with van der Waals surface area (Å²) in [5.41, 5.74) is 4.91. The molecule has 0 aliphatic carbocycles. The summed E-state index contributed by atoms with van der Waals surface area (Å²) in [6, 6.07) is 0. The lowest BCUT2D eigenvalue weighted by molar-refractivity contribution is -0.00708. The van der Waals surface area contributed by atoms with E-state index in [0.717, 1.165) is 25.7 Å². The molecule has 0 aliphatic rings. The van der Waals surface area contributed by atoms with E-state index in [-0.39, 0.29) is 6.42 Å². The largest absolute Gasteiger partial charge is 0.400 e. The Hall–Kier alpha value is -0.600. The van der Waals surface area contributed by atoms with E-state index in [0.29, 0.717) is 13.0 Å². The van der Waals surface area contributed by atoms with Crippen molar-refractivity contribution in [3.05, 3.63) is 12.7 Å². The number of rotatable bonds is 10. The molecule has 1 atom stereocenters. The Bertz CT molecular complexity index is 362. The van der Waals surface area contributed by atoms with Gasteiger partial charge in [-0.25, -0.2) is 4.39 Å². The van der Waals surface area contributed by atoms with E-state index in [1.165, 1.54) is 0 Å². The van der Waals surface area contributed by atoms with Gasteiger partial charge < -0.3 is 5.73 Å². The highest BCUT2D eigenvalue weighted by atomic mass is 32.2. The molecule has 0 radical (unpaired) electrons. The van der Waals surface area contributed by atoms with E-state index in [9.17, 15) is 21.6 Å². The molecule has 1 unspecified atom stereocenters. The third-order valence-corrected chi connectivity index (χ3v) is 3.63. The van der Waals surface area contributed by atoms with Crippen LogP contribution in [0, 0.1) is 0 Å². The maximum absolute atomic E-state index is 13.0. The first-order valence-electron chi connectivity index (χ1n) is 6.94. The maximum Gasteiger partial charge on any atom is 0.400 e. The molecule has 0 aliphatic heterocycles. The molecule has 0 heterocycles. The van der Waals surface area contributed by atoms with Gasteiger partial charge in [-0.2, -0.15) is 17.2 Å². The van der Waals surface area contributed by atoms with Crippen LogP contribution >= 0.6 is 0 Å². The van der Waals surface area contributed by atoms with Gasteiger partial charge in [0.25, 0.3) is 0 Å². The lowest BCUT2D eigenvalue weighted by Gasteiger charge is -2.17. The molecule has 0 aromatic rings. The molecule has 21 heavy (non-hydrogen) atoms. The molecular weight excluding hydrogens is 307 g/mol. The van der Waals surface area contributed by atoms with E-state index >= 15 is 0 Å². The second kappa shape index (κ2) is 12.0. The second-order valence-electron chi connectivity index (χ2n) is 4.59. The van der Waals surface area contributed by atoms with Crippen LogP contribution in [0.1, 0.15) is 51.9 Å². The highest BCUT2D eigenvalue weighted by molar-refractivity contribution is 7.86. The fraction of sp³-hybridized carbons (Fsp3) is 0.846. The fourth-order valence-corrected chi connectivity index (χ4v) is 1.87. The maximum atomic E-state index is 13.0. The molecular formula is C13H26F3NO3S. The molecule has 128 valence electrons. The van der Waals surface area contributed by atoms with Crippen LogP contribution in [0.3, 0.4) is 0 Å². The molecule has 0 bridgehead atoms. The van der Waals surface area contributed by atoms with Gasteiger partial charge in [0.05, 0.1) is 0 Å². The molecule has 0 saturated heterocycles. The van der Waals surface area contributed by atoms with Crippen molar-refractivity contribution in [2.24, 2.45) is 5.73 Å². The quantitative estimate of drug-likeness (QED) is 0.363. The van der Waals surface area contributed by atoms with Crippen LogP contribution in [0.25, 0.3) is 0 Å². The fourth-order valence-electron chi connectivity index (χ4n) is 1.43. The lowest BCUT2D eigenvalue weighted by Crippen LogP contribution is -2.38. The zero-order chi connectivity index (χ0) is 16.9. The van der Waals surface area contributed by atoms with Crippen molar-refractivity contribution in [3.63, 3.8) is 0 Å². The summed E-state index contributed by atoms with van der Waals surface area (Å²) in [7, 11) is -5.66. The van der Waals surface area contributed by atoms with E-state index < -0.39 is 28.0 Å². The first kappa shape index (κ1) is 22.7. The summed E-state index contributed by atoms with van der Waals surface area (Å²) in [5, 5.41) is -4.70. The SMILES string of the molecule is C=CCN.CCCCCCCCC(F)C(F)(F)S(=O)(=O)O. The zero-order valence-electron chi connectivity index (χ0n) is 12.4. The molecule has 0 spiro atoms. The summed E-state index contributed by atoms with van der Waals surface area (Å²) < 4.78 is 67.1. The van der Waals surface area contributed by atoms with Crippen molar-refractivity contribution >= 4 is 10.1 Å². The van der Waals surface area contributed by atoms with Gasteiger partial charge in [0, 0.05) is 6.54 Å². The molecule has 4 nitrogen and oxygen atoms in total. The van der Waals surface area contributed by atoms with Crippen LogP contribution in [0.4, 0.5) is 13.2 Å². The van der Waals surface area contributed by atoms with Crippen molar-refractivity contribution in [2.45, 2.75) is 63.3 Å². The number of unbranched alkanes of at least 4 members (excludes halogenated alkanes) is 5. The minimum absolute atomic E-state index is 0.190. The standard InChI is InChI=1S/C10H19F3O3S.C3H7N/c1-2-3-4-5-6-7-8-9(11)10(12,13)17(14,15)16;1-2-3-4/h9H,2-8H2,1H3,(H,14,15,16);2H,1,3-4H2. The molecule has 0 aromatic heterocycles. The van der Waals surface area contributed by atoms with E-state index in [2.05, 4.69) is 6.58 Å². The van der Waals surface area contributed by atoms with Gasteiger partial charge in [0.2, 0.25) is 0 Å². The highest BCUT2D eigenvalue weighted by Gasteiger charge is 2.52. The smallest absolute Gasteiger partial charge is 0.327 e. The Balaban J connectivity index is 0. The van der Waals surface area contributed by atoms with Gasteiger partial charge in [0.1, 0.15) is 0 Å². The number of alkyl halides is 3. The van der Waals surface area contributed by atoms with Gasteiger partial charge in [-0.1, -0.05) is 51.5 Å². The summed E-state index contributed by atoms with van der Waals surface area (Å²) in [6.45, 7) is 5.97. The third-order valence-electron chi connectivity index (χ3n) is 2.69. The summed E-state index contributed by atoms with van der Waals surface area (Å²) >= 11 is 0. The second-order valence-corrected chi connectivity index (χ2v) is 6.08. The van der Waals surface area contributed by atoms with Crippen molar-refractivity contribution < 1.29 is 26.1 Å².